The summed E-state index contributed by atoms with van der Waals surface area (Å²) in [5.41, 5.74) is 3.77. The van der Waals surface area contributed by atoms with Gasteiger partial charge in [0.25, 0.3) is 11.8 Å². The van der Waals surface area contributed by atoms with Crippen LogP contribution < -0.4 is 15.5 Å². The van der Waals surface area contributed by atoms with Crippen LogP contribution in [-0.4, -0.2) is 32.0 Å². The molecule has 5 heteroatoms. The van der Waals surface area contributed by atoms with Gasteiger partial charge in [-0.3, -0.25) is 9.59 Å². The Bertz CT molecular complexity index is 743. The fourth-order valence-electron chi connectivity index (χ4n) is 2.66. The molecule has 5 nitrogen and oxygen atoms in total. The maximum Gasteiger partial charge on any atom is 0.279 e. The van der Waals surface area contributed by atoms with Crippen LogP contribution in [0.2, 0.25) is 0 Å². The molecule has 0 aliphatic rings. The van der Waals surface area contributed by atoms with Crippen molar-refractivity contribution in [3.63, 3.8) is 0 Å². The Labute approximate surface area is 149 Å². The van der Waals surface area contributed by atoms with Crippen molar-refractivity contribution in [1.29, 1.82) is 0 Å². The van der Waals surface area contributed by atoms with Crippen molar-refractivity contribution in [1.82, 2.24) is 0 Å². The van der Waals surface area contributed by atoms with Gasteiger partial charge in [-0.1, -0.05) is 43.3 Å². The van der Waals surface area contributed by atoms with Crippen LogP contribution in [0.25, 0.3) is 0 Å². The molecule has 2 rings (SSSR count). The van der Waals surface area contributed by atoms with Gasteiger partial charge in [0.1, 0.15) is 0 Å². The van der Waals surface area contributed by atoms with Crippen molar-refractivity contribution < 1.29 is 14.5 Å². The van der Waals surface area contributed by atoms with Crippen LogP contribution >= 0.6 is 0 Å². The van der Waals surface area contributed by atoms with E-state index in [1.165, 1.54) is 0 Å². The number of carbonyl (C=O) groups excluding carboxylic acids is 2. The van der Waals surface area contributed by atoms with Gasteiger partial charge in [0.05, 0.1) is 7.05 Å². The van der Waals surface area contributed by atoms with E-state index < -0.39 is 0 Å². The molecule has 0 aliphatic heterocycles. The first-order valence-corrected chi connectivity index (χ1v) is 8.54. The van der Waals surface area contributed by atoms with Gasteiger partial charge in [0, 0.05) is 11.4 Å². The van der Waals surface area contributed by atoms with E-state index in [1.807, 2.05) is 62.5 Å². The van der Waals surface area contributed by atoms with Gasteiger partial charge in [-0.05, 0) is 36.6 Å². The predicted octanol–water partition coefficient (Wildman–Crippen LogP) is 1.65. The summed E-state index contributed by atoms with van der Waals surface area (Å²) in [6.07, 6.45) is 0.859. The highest BCUT2D eigenvalue weighted by Crippen LogP contribution is 2.15. The van der Waals surface area contributed by atoms with Crippen molar-refractivity contribution in [2.45, 2.75) is 20.3 Å². The number of likely N-dealkylation sites (N-methyl/N-ethyl adjacent to an activating group) is 1. The first-order valence-electron chi connectivity index (χ1n) is 8.54. The Kier molecular flexibility index (Phi) is 6.71. The molecule has 0 fully saturated rings. The molecule has 25 heavy (non-hydrogen) atoms. The Morgan fingerprint density at radius 2 is 1.40 bits per heavy atom. The highest BCUT2D eigenvalue weighted by Gasteiger charge is 2.15. The highest BCUT2D eigenvalue weighted by atomic mass is 16.2. The number of carbonyl (C=O) groups is 2. The number of anilines is 2. The summed E-state index contributed by atoms with van der Waals surface area (Å²) in [7, 11) is 1.84. The number of nitrogens with one attached hydrogen (secondary N) is 3. The van der Waals surface area contributed by atoms with E-state index in [-0.39, 0.29) is 24.9 Å². The number of benzene rings is 2. The first kappa shape index (κ1) is 18.7. The monoisotopic (exact) mass is 340 g/mol. The topological polar surface area (TPSA) is 62.6 Å². The third kappa shape index (κ3) is 5.72. The zero-order valence-electron chi connectivity index (χ0n) is 15.1. The number of rotatable bonds is 7. The Morgan fingerprint density at radius 3 is 2.00 bits per heavy atom. The molecule has 3 N–H and O–H groups in total. The maximum atomic E-state index is 12.2. The predicted molar refractivity (Wildman–Crippen MR) is 101 cm³/mol. The lowest BCUT2D eigenvalue weighted by Crippen LogP contribution is -3.11. The second-order valence-corrected chi connectivity index (χ2v) is 6.23. The minimum absolute atomic E-state index is 0.0953. The van der Waals surface area contributed by atoms with Gasteiger partial charge in [-0.25, -0.2) is 0 Å². The number of hydrogen-bond acceptors (Lipinski definition) is 2. The zero-order valence-corrected chi connectivity index (χ0v) is 15.1. The number of amides is 2. The largest absolute Gasteiger partial charge is 0.322 e. The molecular weight excluding hydrogens is 314 g/mol. The quantitative estimate of drug-likeness (QED) is 0.718. The minimum Gasteiger partial charge on any atom is -0.322 e. The lowest BCUT2D eigenvalue weighted by molar-refractivity contribution is -0.862. The summed E-state index contributed by atoms with van der Waals surface area (Å²) in [5.74, 6) is -0.198. The SMILES string of the molecule is CCc1ccccc1NC(=O)C[NH+](C)CC(=O)Nc1ccccc1C. The van der Waals surface area contributed by atoms with Crippen molar-refractivity contribution in [2.75, 3.05) is 30.8 Å². The Balaban J connectivity index is 1.85. The molecule has 0 aromatic heterocycles. The number of para-hydroxylation sites is 2. The zero-order chi connectivity index (χ0) is 18.2. The lowest BCUT2D eigenvalue weighted by Gasteiger charge is -2.15. The molecular formula is C20H26N3O2+. The molecule has 2 amide bonds. The van der Waals surface area contributed by atoms with E-state index in [1.54, 1.807) is 0 Å². The summed E-state index contributed by atoms with van der Waals surface area (Å²) in [5, 5.41) is 5.82. The van der Waals surface area contributed by atoms with Crippen LogP contribution in [0.15, 0.2) is 48.5 Å². The lowest BCUT2D eigenvalue weighted by atomic mass is 10.1. The van der Waals surface area contributed by atoms with Crippen LogP contribution in [0.3, 0.4) is 0 Å². The van der Waals surface area contributed by atoms with Crippen LogP contribution in [0.4, 0.5) is 11.4 Å². The van der Waals surface area contributed by atoms with E-state index in [0.29, 0.717) is 0 Å². The smallest absolute Gasteiger partial charge is 0.279 e. The molecule has 0 spiro atoms. The van der Waals surface area contributed by atoms with E-state index >= 15 is 0 Å². The van der Waals surface area contributed by atoms with Crippen molar-refractivity contribution in [2.24, 2.45) is 0 Å². The van der Waals surface area contributed by atoms with Crippen molar-refractivity contribution in [3.8, 4) is 0 Å². The highest BCUT2D eigenvalue weighted by molar-refractivity contribution is 5.93. The molecule has 1 unspecified atom stereocenters. The van der Waals surface area contributed by atoms with E-state index in [4.69, 9.17) is 0 Å². The maximum absolute atomic E-state index is 12.2. The van der Waals surface area contributed by atoms with Gasteiger partial charge in [0.2, 0.25) is 0 Å². The number of aryl methyl sites for hydroxylation is 2. The van der Waals surface area contributed by atoms with Gasteiger partial charge >= 0.3 is 0 Å². The van der Waals surface area contributed by atoms with Gasteiger partial charge in [-0.2, -0.15) is 0 Å². The van der Waals surface area contributed by atoms with Crippen LogP contribution in [0.1, 0.15) is 18.1 Å². The van der Waals surface area contributed by atoms with E-state index in [9.17, 15) is 9.59 Å². The fraction of sp³-hybridized carbons (Fsp3) is 0.300. The van der Waals surface area contributed by atoms with Crippen LogP contribution in [-0.2, 0) is 16.0 Å². The Morgan fingerprint density at radius 1 is 0.880 bits per heavy atom. The van der Waals surface area contributed by atoms with Crippen molar-refractivity contribution >= 4 is 23.2 Å². The molecule has 0 saturated carbocycles. The van der Waals surface area contributed by atoms with Gasteiger partial charge in [0.15, 0.2) is 13.1 Å². The van der Waals surface area contributed by atoms with Crippen LogP contribution in [0, 0.1) is 6.92 Å². The minimum atomic E-state index is -0.103. The molecule has 132 valence electrons. The van der Waals surface area contributed by atoms with Gasteiger partial charge < -0.3 is 15.5 Å². The molecule has 0 bridgehead atoms. The van der Waals surface area contributed by atoms with E-state index in [2.05, 4.69) is 17.6 Å². The molecule has 0 radical (unpaired) electrons. The summed E-state index contributed by atoms with van der Waals surface area (Å²) < 4.78 is 0. The molecule has 0 aliphatic carbocycles. The molecule has 1 atom stereocenters. The first-order chi connectivity index (χ1) is 12.0. The summed E-state index contributed by atoms with van der Waals surface area (Å²) in [6.45, 7) is 4.47. The van der Waals surface area contributed by atoms with E-state index in [0.717, 1.165) is 33.8 Å². The summed E-state index contributed by atoms with van der Waals surface area (Å²) >= 11 is 0. The molecule has 2 aromatic rings. The Hall–Kier alpha value is -2.66. The summed E-state index contributed by atoms with van der Waals surface area (Å²) in [6, 6.07) is 15.4. The molecule has 0 saturated heterocycles. The molecule has 0 heterocycles. The molecule has 2 aromatic carbocycles. The van der Waals surface area contributed by atoms with Crippen LogP contribution in [0.5, 0.6) is 0 Å². The second-order valence-electron chi connectivity index (χ2n) is 6.23. The third-order valence-corrected chi connectivity index (χ3v) is 4.02. The standard InChI is InChI=1S/C20H25N3O2/c1-4-16-10-6-8-12-18(16)22-20(25)14-23(3)13-19(24)21-17-11-7-5-9-15(17)2/h5-12H,4,13-14H2,1-3H3,(H,21,24)(H,22,25)/p+1. The third-order valence-electron chi connectivity index (χ3n) is 4.02. The van der Waals surface area contributed by atoms with Gasteiger partial charge in [-0.15, -0.1) is 0 Å². The normalized spacial score (nSPS) is 11.6. The number of quaternary nitrogens is 1. The average molecular weight is 340 g/mol. The second kappa shape index (κ2) is 8.99. The number of hydrogen-bond donors (Lipinski definition) is 3. The fourth-order valence-corrected chi connectivity index (χ4v) is 2.66. The van der Waals surface area contributed by atoms with Crippen molar-refractivity contribution in [3.05, 3.63) is 59.7 Å². The average Bonchev–Trinajstić information content (AvgIpc) is 2.57. The summed E-state index contributed by atoms with van der Waals surface area (Å²) in [4.78, 5) is 25.2.